The Balaban J connectivity index is 0.00000256. The van der Waals surface area contributed by atoms with Crippen LogP contribution in [0.5, 0.6) is 0 Å². The maximum atomic E-state index is 6.23. The van der Waals surface area contributed by atoms with Crippen molar-refractivity contribution in [3.8, 4) is 0 Å². The summed E-state index contributed by atoms with van der Waals surface area (Å²) >= 11 is 0. The summed E-state index contributed by atoms with van der Waals surface area (Å²) in [5.41, 5.74) is 9.14. The highest BCUT2D eigenvalue weighted by Gasteiger charge is 2.22. The molecule has 0 aromatic heterocycles. The Labute approximate surface area is 112 Å². The lowest BCUT2D eigenvalue weighted by Crippen LogP contribution is -2.26. The van der Waals surface area contributed by atoms with Crippen LogP contribution in [0.25, 0.3) is 0 Å². The van der Waals surface area contributed by atoms with E-state index in [4.69, 9.17) is 5.73 Å². The third-order valence-electron chi connectivity index (χ3n) is 3.07. The first-order valence-electron chi connectivity index (χ1n) is 5.98. The van der Waals surface area contributed by atoms with Gasteiger partial charge in [-0.1, -0.05) is 65.8 Å². The first-order valence-corrected chi connectivity index (χ1v) is 5.98. The van der Waals surface area contributed by atoms with E-state index in [9.17, 15) is 0 Å². The van der Waals surface area contributed by atoms with E-state index in [1.165, 1.54) is 11.1 Å². The highest BCUT2D eigenvalue weighted by molar-refractivity contribution is 5.85. The number of halogens is 1. The van der Waals surface area contributed by atoms with Gasteiger partial charge in [0.2, 0.25) is 0 Å². The lowest BCUT2D eigenvalue weighted by atomic mass is 9.81. The molecule has 0 saturated heterocycles. The van der Waals surface area contributed by atoms with Crippen LogP contribution in [-0.4, -0.2) is 0 Å². The van der Waals surface area contributed by atoms with E-state index in [-0.39, 0.29) is 29.3 Å². The van der Waals surface area contributed by atoms with E-state index >= 15 is 0 Å². The molecule has 1 atom stereocenters. The molecule has 1 aromatic rings. The molecule has 17 heavy (non-hydrogen) atoms. The van der Waals surface area contributed by atoms with Crippen LogP contribution in [-0.2, 0) is 5.41 Å². The Bertz CT molecular complexity index is 341. The lowest BCUT2D eigenvalue weighted by molar-refractivity contribution is 0.327. The van der Waals surface area contributed by atoms with Gasteiger partial charge in [0.25, 0.3) is 0 Å². The second-order valence-electron chi connectivity index (χ2n) is 6.72. The predicted octanol–water partition coefficient (Wildman–Crippen LogP) is 4.45. The van der Waals surface area contributed by atoms with Gasteiger partial charge < -0.3 is 5.73 Å². The average molecular weight is 256 g/mol. The van der Waals surface area contributed by atoms with Crippen LogP contribution in [0.15, 0.2) is 24.3 Å². The molecule has 98 valence electrons. The summed E-state index contributed by atoms with van der Waals surface area (Å²) in [7, 11) is 0. The van der Waals surface area contributed by atoms with Crippen LogP contribution in [0.1, 0.15) is 58.7 Å². The molecule has 0 radical (unpaired) electrons. The minimum Gasteiger partial charge on any atom is -0.324 e. The Morgan fingerprint density at radius 2 is 1.29 bits per heavy atom. The third kappa shape index (κ3) is 4.33. The monoisotopic (exact) mass is 255 g/mol. The Morgan fingerprint density at radius 1 is 0.882 bits per heavy atom. The van der Waals surface area contributed by atoms with Crippen LogP contribution >= 0.6 is 12.4 Å². The molecule has 1 nitrogen and oxygen atoms in total. The molecule has 0 unspecified atom stereocenters. The fraction of sp³-hybridized carbons (Fsp3) is 0.600. The molecule has 2 heteroatoms. The molecular formula is C15H26ClN. The van der Waals surface area contributed by atoms with Gasteiger partial charge in [0.1, 0.15) is 0 Å². The van der Waals surface area contributed by atoms with E-state index in [1.54, 1.807) is 0 Å². The Kier molecular flexibility index (Phi) is 5.24. The number of benzene rings is 1. The zero-order valence-electron chi connectivity index (χ0n) is 11.9. The number of nitrogens with two attached hydrogens (primary N) is 1. The summed E-state index contributed by atoms with van der Waals surface area (Å²) < 4.78 is 0. The topological polar surface area (TPSA) is 26.0 Å². The standard InChI is InChI=1S/C15H25N.ClH/c1-14(2,3)12-9-7-11(8-10-12)13(16)15(4,5)6;/h7-10,13H,16H2,1-6H3;1H/t13-;/m1./s1. The summed E-state index contributed by atoms with van der Waals surface area (Å²) in [4.78, 5) is 0. The van der Waals surface area contributed by atoms with Crippen molar-refractivity contribution in [1.29, 1.82) is 0 Å². The van der Waals surface area contributed by atoms with E-state index in [0.29, 0.717) is 0 Å². The van der Waals surface area contributed by atoms with Crippen molar-refractivity contribution >= 4 is 12.4 Å². The minimum absolute atomic E-state index is 0. The van der Waals surface area contributed by atoms with Gasteiger partial charge in [0, 0.05) is 6.04 Å². The minimum atomic E-state index is 0. The van der Waals surface area contributed by atoms with Crippen molar-refractivity contribution in [3.63, 3.8) is 0 Å². The average Bonchev–Trinajstić information content (AvgIpc) is 2.14. The highest BCUT2D eigenvalue weighted by Crippen LogP contribution is 2.31. The second-order valence-corrected chi connectivity index (χ2v) is 6.72. The summed E-state index contributed by atoms with van der Waals surface area (Å²) in [6, 6.07) is 8.82. The Morgan fingerprint density at radius 3 is 1.59 bits per heavy atom. The first-order chi connectivity index (χ1) is 7.12. The van der Waals surface area contributed by atoms with Gasteiger partial charge in [-0.05, 0) is 22.0 Å². The SMILES string of the molecule is CC(C)(C)c1ccc([C@@H](N)C(C)(C)C)cc1.Cl. The lowest BCUT2D eigenvalue weighted by Gasteiger charge is -2.28. The van der Waals surface area contributed by atoms with Gasteiger partial charge in [-0.15, -0.1) is 12.4 Å². The molecule has 0 saturated carbocycles. The quantitative estimate of drug-likeness (QED) is 0.788. The summed E-state index contributed by atoms with van der Waals surface area (Å²) in [5, 5.41) is 0. The maximum Gasteiger partial charge on any atom is 0.0344 e. The van der Waals surface area contributed by atoms with E-state index in [2.05, 4.69) is 65.8 Å². The molecule has 0 amide bonds. The Hall–Kier alpha value is -0.530. The van der Waals surface area contributed by atoms with Gasteiger partial charge in [-0.2, -0.15) is 0 Å². The highest BCUT2D eigenvalue weighted by atomic mass is 35.5. The first kappa shape index (κ1) is 16.5. The van der Waals surface area contributed by atoms with Crippen LogP contribution in [0, 0.1) is 5.41 Å². The molecule has 0 aliphatic carbocycles. The summed E-state index contributed by atoms with van der Waals surface area (Å²) in [5.74, 6) is 0. The number of rotatable bonds is 1. The van der Waals surface area contributed by atoms with Crippen molar-refractivity contribution < 1.29 is 0 Å². The molecule has 0 bridgehead atoms. The van der Waals surface area contributed by atoms with Crippen molar-refractivity contribution in [3.05, 3.63) is 35.4 Å². The van der Waals surface area contributed by atoms with Crippen LogP contribution in [0.3, 0.4) is 0 Å². The zero-order valence-corrected chi connectivity index (χ0v) is 12.7. The smallest absolute Gasteiger partial charge is 0.0344 e. The zero-order chi connectivity index (χ0) is 12.6. The fourth-order valence-electron chi connectivity index (χ4n) is 1.69. The molecule has 0 heterocycles. The molecule has 0 spiro atoms. The largest absolute Gasteiger partial charge is 0.324 e. The summed E-state index contributed by atoms with van der Waals surface area (Å²) in [6.45, 7) is 13.2. The van der Waals surface area contributed by atoms with Crippen molar-refractivity contribution in [1.82, 2.24) is 0 Å². The predicted molar refractivity (Wildman–Crippen MR) is 78.8 cm³/mol. The number of hydrogen-bond donors (Lipinski definition) is 1. The molecule has 0 aliphatic rings. The third-order valence-corrected chi connectivity index (χ3v) is 3.07. The van der Waals surface area contributed by atoms with E-state index in [1.807, 2.05) is 0 Å². The fourth-order valence-corrected chi connectivity index (χ4v) is 1.69. The van der Waals surface area contributed by atoms with Gasteiger partial charge >= 0.3 is 0 Å². The molecular weight excluding hydrogens is 230 g/mol. The number of hydrogen-bond acceptors (Lipinski definition) is 1. The van der Waals surface area contributed by atoms with Crippen LogP contribution in [0.4, 0.5) is 0 Å². The van der Waals surface area contributed by atoms with Gasteiger partial charge in [-0.3, -0.25) is 0 Å². The van der Waals surface area contributed by atoms with Crippen molar-refractivity contribution in [2.45, 2.75) is 53.0 Å². The molecule has 1 aromatic carbocycles. The van der Waals surface area contributed by atoms with E-state index in [0.717, 1.165) is 0 Å². The summed E-state index contributed by atoms with van der Waals surface area (Å²) in [6.07, 6.45) is 0. The normalized spacial score (nSPS) is 14.1. The van der Waals surface area contributed by atoms with Crippen molar-refractivity contribution in [2.75, 3.05) is 0 Å². The van der Waals surface area contributed by atoms with Gasteiger partial charge in [0.05, 0.1) is 0 Å². The van der Waals surface area contributed by atoms with E-state index < -0.39 is 0 Å². The van der Waals surface area contributed by atoms with Gasteiger partial charge in [0.15, 0.2) is 0 Å². The molecule has 0 fully saturated rings. The van der Waals surface area contributed by atoms with Gasteiger partial charge in [-0.25, -0.2) is 0 Å². The van der Waals surface area contributed by atoms with Crippen LogP contribution < -0.4 is 5.73 Å². The van der Waals surface area contributed by atoms with Crippen LogP contribution in [0.2, 0.25) is 0 Å². The molecule has 0 aliphatic heterocycles. The second kappa shape index (κ2) is 5.41. The van der Waals surface area contributed by atoms with Crippen molar-refractivity contribution in [2.24, 2.45) is 11.1 Å². The molecule has 1 rings (SSSR count). The maximum absolute atomic E-state index is 6.23. The molecule has 2 N–H and O–H groups in total.